The summed E-state index contributed by atoms with van der Waals surface area (Å²) in [7, 11) is -2.18. The maximum absolute atomic E-state index is 11.0. The molecule has 90 valence electrons. The Balaban J connectivity index is 2.69. The second-order valence-electron chi connectivity index (χ2n) is 3.38. The normalized spacial score (nSPS) is 11.8. The highest BCUT2D eigenvalue weighted by atomic mass is 32.2. The van der Waals surface area contributed by atoms with Gasteiger partial charge in [-0.3, -0.25) is 0 Å². The quantitative estimate of drug-likeness (QED) is 0.829. The van der Waals surface area contributed by atoms with Gasteiger partial charge in [-0.15, -0.1) is 0 Å². The lowest BCUT2D eigenvalue weighted by atomic mass is 10.2. The average Bonchev–Trinajstić information content (AvgIpc) is 2.20. The second-order valence-corrected chi connectivity index (χ2v) is 5.03. The van der Waals surface area contributed by atoms with Crippen LogP contribution in [0.25, 0.3) is 0 Å². The van der Waals surface area contributed by atoms with Crippen LogP contribution < -0.4 is 9.88 Å². The minimum absolute atomic E-state index is 0.255. The second kappa shape index (κ2) is 5.29. The van der Waals surface area contributed by atoms with Crippen molar-refractivity contribution in [1.82, 2.24) is 4.31 Å². The number of nitrogens with zero attached hydrogens (tertiary/aromatic N) is 1. The minimum Gasteiger partial charge on any atom is -0.494 e. The smallest absolute Gasteiger partial charge is 0.276 e. The Labute approximate surface area is 96.0 Å². The fourth-order valence-electron chi connectivity index (χ4n) is 1.20. The number of benzene rings is 1. The van der Waals surface area contributed by atoms with E-state index in [1.54, 1.807) is 12.1 Å². The largest absolute Gasteiger partial charge is 0.494 e. The molecule has 1 aromatic carbocycles. The van der Waals surface area contributed by atoms with E-state index >= 15 is 0 Å². The van der Waals surface area contributed by atoms with Crippen molar-refractivity contribution < 1.29 is 13.2 Å². The molecule has 0 aliphatic heterocycles. The SMILES string of the molecule is CCOc1ccc(CN(C)S(N)(=O)=O)cc1. The van der Waals surface area contributed by atoms with Gasteiger partial charge in [-0.1, -0.05) is 12.1 Å². The minimum atomic E-state index is -3.62. The Morgan fingerprint density at radius 3 is 2.31 bits per heavy atom. The van der Waals surface area contributed by atoms with Crippen LogP contribution in [0.3, 0.4) is 0 Å². The molecule has 0 aliphatic carbocycles. The summed E-state index contributed by atoms with van der Waals surface area (Å²) in [6, 6.07) is 7.23. The van der Waals surface area contributed by atoms with Crippen LogP contribution in [0.1, 0.15) is 12.5 Å². The molecule has 0 amide bonds. The average molecular weight is 244 g/mol. The van der Waals surface area contributed by atoms with E-state index in [0.29, 0.717) is 6.61 Å². The first-order valence-electron chi connectivity index (χ1n) is 4.89. The molecule has 0 spiro atoms. The highest BCUT2D eigenvalue weighted by Gasteiger charge is 2.11. The van der Waals surface area contributed by atoms with Gasteiger partial charge < -0.3 is 4.74 Å². The molecule has 16 heavy (non-hydrogen) atoms. The molecule has 0 aliphatic rings. The summed E-state index contributed by atoms with van der Waals surface area (Å²) >= 11 is 0. The maximum Gasteiger partial charge on any atom is 0.276 e. The molecule has 0 aromatic heterocycles. The third kappa shape index (κ3) is 3.80. The van der Waals surface area contributed by atoms with Gasteiger partial charge in [0.25, 0.3) is 10.2 Å². The van der Waals surface area contributed by atoms with Crippen LogP contribution in [-0.2, 0) is 16.8 Å². The lowest BCUT2D eigenvalue weighted by molar-refractivity contribution is 0.340. The Morgan fingerprint density at radius 2 is 1.88 bits per heavy atom. The number of hydrogen-bond donors (Lipinski definition) is 1. The van der Waals surface area contributed by atoms with Crippen molar-refractivity contribution in [3.05, 3.63) is 29.8 Å². The molecule has 6 heteroatoms. The molecule has 0 heterocycles. The summed E-state index contributed by atoms with van der Waals surface area (Å²) in [6.07, 6.45) is 0. The van der Waals surface area contributed by atoms with Gasteiger partial charge in [0.15, 0.2) is 0 Å². The van der Waals surface area contributed by atoms with Crippen LogP contribution in [-0.4, -0.2) is 26.4 Å². The van der Waals surface area contributed by atoms with Gasteiger partial charge in [0.2, 0.25) is 0 Å². The van der Waals surface area contributed by atoms with Crippen molar-refractivity contribution in [3.63, 3.8) is 0 Å². The molecule has 0 unspecified atom stereocenters. The monoisotopic (exact) mass is 244 g/mol. The molecular formula is C10H16N2O3S. The van der Waals surface area contributed by atoms with Gasteiger partial charge in [-0.2, -0.15) is 12.7 Å². The van der Waals surface area contributed by atoms with Gasteiger partial charge in [-0.05, 0) is 24.6 Å². The molecule has 0 atom stereocenters. The molecule has 1 aromatic rings. The third-order valence-corrected chi connectivity index (χ3v) is 3.07. The van der Waals surface area contributed by atoms with Crippen molar-refractivity contribution in [1.29, 1.82) is 0 Å². The van der Waals surface area contributed by atoms with Crippen LogP contribution >= 0.6 is 0 Å². The van der Waals surface area contributed by atoms with E-state index in [1.165, 1.54) is 7.05 Å². The molecule has 0 radical (unpaired) electrons. The Hall–Kier alpha value is -1.11. The fraction of sp³-hybridized carbons (Fsp3) is 0.400. The molecule has 0 saturated carbocycles. The first-order valence-corrected chi connectivity index (χ1v) is 6.39. The van der Waals surface area contributed by atoms with E-state index in [0.717, 1.165) is 15.6 Å². The van der Waals surface area contributed by atoms with Gasteiger partial charge in [0.1, 0.15) is 5.75 Å². The first-order chi connectivity index (χ1) is 7.43. The van der Waals surface area contributed by atoms with Crippen molar-refractivity contribution in [2.24, 2.45) is 5.14 Å². The first kappa shape index (κ1) is 13.0. The van der Waals surface area contributed by atoms with Gasteiger partial charge >= 0.3 is 0 Å². The van der Waals surface area contributed by atoms with Crippen LogP contribution in [0.4, 0.5) is 0 Å². The van der Waals surface area contributed by atoms with Crippen molar-refractivity contribution >= 4 is 10.2 Å². The summed E-state index contributed by atoms with van der Waals surface area (Å²) in [5.41, 5.74) is 0.861. The zero-order valence-electron chi connectivity index (χ0n) is 9.38. The third-order valence-electron chi connectivity index (χ3n) is 2.07. The van der Waals surface area contributed by atoms with Crippen molar-refractivity contribution in [2.75, 3.05) is 13.7 Å². The van der Waals surface area contributed by atoms with Crippen LogP contribution in [0.15, 0.2) is 24.3 Å². The molecule has 5 nitrogen and oxygen atoms in total. The summed E-state index contributed by atoms with van der Waals surface area (Å²) < 4.78 is 28.3. The summed E-state index contributed by atoms with van der Waals surface area (Å²) in [4.78, 5) is 0. The van der Waals surface area contributed by atoms with Gasteiger partial charge in [0, 0.05) is 13.6 Å². The van der Waals surface area contributed by atoms with Crippen molar-refractivity contribution in [3.8, 4) is 5.75 Å². The van der Waals surface area contributed by atoms with E-state index < -0.39 is 10.2 Å². The molecule has 0 bridgehead atoms. The Morgan fingerprint density at radius 1 is 1.31 bits per heavy atom. The number of nitrogens with two attached hydrogens (primary N) is 1. The number of ether oxygens (including phenoxy) is 1. The standard InChI is InChI=1S/C10H16N2O3S/c1-3-15-10-6-4-9(5-7-10)8-12(2)16(11,13)14/h4-7H,3,8H2,1-2H3,(H2,11,13,14). The lowest BCUT2D eigenvalue weighted by Gasteiger charge is -2.13. The van der Waals surface area contributed by atoms with Crippen LogP contribution in [0.2, 0.25) is 0 Å². The molecule has 2 N–H and O–H groups in total. The Kier molecular flexibility index (Phi) is 4.28. The summed E-state index contributed by atoms with van der Waals surface area (Å²) in [6.45, 7) is 2.77. The van der Waals surface area contributed by atoms with E-state index in [-0.39, 0.29) is 6.54 Å². The van der Waals surface area contributed by atoms with Crippen LogP contribution in [0.5, 0.6) is 5.75 Å². The summed E-state index contributed by atoms with van der Waals surface area (Å²) in [5.74, 6) is 0.768. The van der Waals surface area contributed by atoms with Crippen molar-refractivity contribution in [2.45, 2.75) is 13.5 Å². The zero-order chi connectivity index (χ0) is 12.2. The topological polar surface area (TPSA) is 72.6 Å². The zero-order valence-corrected chi connectivity index (χ0v) is 10.2. The van der Waals surface area contributed by atoms with Gasteiger partial charge in [-0.25, -0.2) is 5.14 Å². The molecule has 1 rings (SSSR count). The highest BCUT2D eigenvalue weighted by molar-refractivity contribution is 7.86. The molecular weight excluding hydrogens is 228 g/mol. The fourth-order valence-corrected chi connectivity index (χ4v) is 1.53. The van der Waals surface area contributed by atoms with Gasteiger partial charge in [0.05, 0.1) is 6.61 Å². The predicted molar refractivity (Wildman–Crippen MR) is 62.2 cm³/mol. The predicted octanol–water partition coefficient (Wildman–Crippen LogP) is 0.721. The highest BCUT2D eigenvalue weighted by Crippen LogP contribution is 2.13. The number of hydrogen-bond acceptors (Lipinski definition) is 3. The number of rotatable bonds is 5. The van der Waals surface area contributed by atoms with E-state index in [4.69, 9.17) is 9.88 Å². The molecule has 0 fully saturated rings. The molecule has 0 saturated heterocycles. The lowest BCUT2D eigenvalue weighted by Crippen LogP contribution is -2.32. The summed E-state index contributed by atoms with van der Waals surface area (Å²) in [5, 5.41) is 4.98. The van der Waals surface area contributed by atoms with E-state index in [2.05, 4.69) is 0 Å². The maximum atomic E-state index is 11.0. The van der Waals surface area contributed by atoms with E-state index in [1.807, 2.05) is 19.1 Å². The van der Waals surface area contributed by atoms with Crippen LogP contribution in [0, 0.1) is 0 Å². The van der Waals surface area contributed by atoms with E-state index in [9.17, 15) is 8.42 Å². The Bertz CT molecular complexity index is 428.